The molecule has 1 aromatic rings. The van der Waals surface area contributed by atoms with E-state index >= 15 is 0 Å². The summed E-state index contributed by atoms with van der Waals surface area (Å²) in [5, 5.41) is 6.73. The van der Waals surface area contributed by atoms with E-state index in [1.165, 1.54) is 5.56 Å². The molecule has 1 saturated heterocycles. The van der Waals surface area contributed by atoms with Crippen LogP contribution in [-0.2, 0) is 17.7 Å². The molecule has 2 heterocycles. The van der Waals surface area contributed by atoms with Gasteiger partial charge in [0.15, 0.2) is 5.96 Å². The zero-order valence-electron chi connectivity index (χ0n) is 17.3. The molecule has 8 heteroatoms. The van der Waals surface area contributed by atoms with Crippen LogP contribution in [0.5, 0.6) is 11.5 Å². The molecule has 0 spiro atoms. The SMILES string of the molecule is CCOc1cc2c(cc1CNC(=NC)NCC1CN(C)CCO1)OC(C)C2.I. The highest BCUT2D eigenvalue weighted by Gasteiger charge is 2.22. The lowest BCUT2D eigenvalue weighted by atomic mass is 10.1. The number of ether oxygens (including phenoxy) is 3. The topological polar surface area (TPSA) is 67.4 Å². The summed E-state index contributed by atoms with van der Waals surface area (Å²) in [5.74, 6) is 2.63. The first-order chi connectivity index (χ1) is 13.1. The number of morpholine rings is 1. The Morgan fingerprint density at radius 1 is 1.36 bits per heavy atom. The molecule has 0 aliphatic carbocycles. The van der Waals surface area contributed by atoms with E-state index in [2.05, 4.69) is 46.6 Å². The van der Waals surface area contributed by atoms with Crippen molar-refractivity contribution in [2.45, 2.75) is 39.0 Å². The molecule has 1 fully saturated rings. The van der Waals surface area contributed by atoms with Gasteiger partial charge in [0, 0.05) is 50.8 Å². The van der Waals surface area contributed by atoms with E-state index < -0.39 is 0 Å². The van der Waals surface area contributed by atoms with E-state index in [1.807, 2.05) is 6.92 Å². The van der Waals surface area contributed by atoms with Crippen LogP contribution in [0.2, 0.25) is 0 Å². The summed E-state index contributed by atoms with van der Waals surface area (Å²) in [6.45, 7) is 8.78. The number of guanidine groups is 1. The van der Waals surface area contributed by atoms with Gasteiger partial charge in [-0.25, -0.2) is 0 Å². The Balaban J connectivity index is 0.00000280. The lowest BCUT2D eigenvalue weighted by molar-refractivity contribution is -0.0161. The number of benzene rings is 1. The fourth-order valence-electron chi connectivity index (χ4n) is 3.51. The second kappa shape index (κ2) is 11.1. The Morgan fingerprint density at radius 2 is 2.18 bits per heavy atom. The minimum Gasteiger partial charge on any atom is -0.494 e. The standard InChI is InChI=1S/C20H32N4O3.HI/c1-5-25-18-9-15-8-14(2)27-19(15)10-16(18)11-22-20(21-3)23-12-17-13-24(4)6-7-26-17;/h9-10,14,17H,5-8,11-13H2,1-4H3,(H2,21,22,23);1H. The maximum Gasteiger partial charge on any atom is 0.191 e. The van der Waals surface area contributed by atoms with Crippen molar-refractivity contribution in [2.75, 3.05) is 46.9 Å². The van der Waals surface area contributed by atoms with E-state index in [1.54, 1.807) is 7.05 Å². The molecule has 2 unspecified atom stereocenters. The van der Waals surface area contributed by atoms with Crippen LogP contribution in [0, 0.1) is 0 Å². The number of fused-ring (bicyclic) bond motifs is 1. The van der Waals surface area contributed by atoms with Gasteiger partial charge in [0.2, 0.25) is 0 Å². The molecule has 7 nitrogen and oxygen atoms in total. The number of hydrogen-bond donors (Lipinski definition) is 2. The number of rotatable bonds is 6. The molecule has 28 heavy (non-hydrogen) atoms. The van der Waals surface area contributed by atoms with Gasteiger partial charge in [-0.05, 0) is 33.0 Å². The molecular weight excluding hydrogens is 471 g/mol. The van der Waals surface area contributed by atoms with E-state index in [4.69, 9.17) is 14.2 Å². The summed E-state index contributed by atoms with van der Waals surface area (Å²) < 4.78 is 17.5. The average Bonchev–Trinajstić information content (AvgIpc) is 3.01. The molecular formula is C20H33IN4O3. The van der Waals surface area contributed by atoms with Crippen molar-refractivity contribution < 1.29 is 14.2 Å². The van der Waals surface area contributed by atoms with Crippen LogP contribution < -0.4 is 20.1 Å². The minimum absolute atomic E-state index is 0. The summed E-state index contributed by atoms with van der Waals surface area (Å²) in [5.41, 5.74) is 2.29. The summed E-state index contributed by atoms with van der Waals surface area (Å²) in [6.07, 6.45) is 1.33. The van der Waals surface area contributed by atoms with Gasteiger partial charge in [-0.3, -0.25) is 4.99 Å². The van der Waals surface area contributed by atoms with E-state index in [-0.39, 0.29) is 36.2 Å². The first kappa shape index (κ1) is 23.0. The van der Waals surface area contributed by atoms with Gasteiger partial charge in [0.05, 0.1) is 19.3 Å². The second-order valence-electron chi connectivity index (χ2n) is 7.19. The van der Waals surface area contributed by atoms with Crippen molar-refractivity contribution in [1.82, 2.24) is 15.5 Å². The molecule has 2 aliphatic heterocycles. The Labute approximate surface area is 185 Å². The van der Waals surface area contributed by atoms with Crippen LogP contribution in [0.4, 0.5) is 0 Å². The van der Waals surface area contributed by atoms with Crippen molar-refractivity contribution in [3.05, 3.63) is 23.3 Å². The maximum atomic E-state index is 5.90. The number of likely N-dealkylation sites (N-methyl/N-ethyl adjacent to an activating group) is 1. The lowest BCUT2D eigenvalue weighted by Gasteiger charge is -2.30. The zero-order valence-corrected chi connectivity index (χ0v) is 19.6. The fraction of sp³-hybridized carbons (Fsp3) is 0.650. The van der Waals surface area contributed by atoms with Crippen molar-refractivity contribution in [3.8, 4) is 11.5 Å². The number of nitrogens with one attached hydrogen (secondary N) is 2. The van der Waals surface area contributed by atoms with Gasteiger partial charge in [0.25, 0.3) is 0 Å². The number of halogens is 1. The van der Waals surface area contributed by atoms with E-state index in [9.17, 15) is 0 Å². The lowest BCUT2D eigenvalue weighted by Crippen LogP contribution is -2.48. The zero-order chi connectivity index (χ0) is 19.2. The van der Waals surface area contributed by atoms with E-state index in [0.29, 0.717) is 13.2 Å². The highest BCUT2D eigenvalue weighted by atomic mass is 127. The largest absolute Gasteiger partial charge is 0.494 e. The Morgan fingerprint density at radius 3 is 2.89 bits per heavy atom. The quantitative estimate of drug-likeness (QED) is 0.351. The van der Waals surface area contributed by atoms with Crippen molar-refractivity contribution in [3.63, 3.8) is 0 Å². The van der Waals surface area contributed by atoms with Gasteiger partial charge >= 0.3 is 0 Å². The monoisotopic (exact) mass is 504 g/mol. The Bertz CT molecular complexity index is 671. The predicted octanol–water partition coefficient (Wildman–Crippen LogP) is 2.02. The van der Waals surface area contributed by atoms with Crippen molar-refractivity contribution in [2.24, 2.45) is 4.99 Å². The Hall–Kier alpha value is -1.26. The molecule has 3 rings (SSSR count). The van der Waals surface area contributed by atoms with Crippen LogP contribution in [0.15, 0.2) is 17.1 Å². The fourth-order valence-corrected chi connectivity index (χ4v) is 3.51. The van der Waals surface area contributed by atoms with Crippen molar-refractivity contribution in [1.29, 1.82) is 0 Å². The molecule has 1 aromatic carbocycles. The van der Waals surface area contributed by atoms with Crippen LogP contribution >= 0.6 is 24.0 Å². The molecule has 2 N–H and O–H groups in total. The maximum absolute atomic E-state index is 5.90. The number of aliphatic imine (C=N–C) groups is 1. The number of nitrogens with zero attached hydrogens (tertiary/aromatic N) is 2. The molecule has 0 bridgehead atoms. The third kappa shape index (κ3) is 6.12. The second-order valence-corrected chi connectivity index (χ2v) is 7.19. The Kier molecular flexibility index (Phi) is 9.10. The van der Waals surface area contributed by atoms with Crippen LogP contribution in [0.25, 0.3) is 0 Å². The summed E-state index contributed by atoms with van der Waals surface area (Å²) in [4.78, 5) is 6.60. The summed E-state index contributed by atoms with van der Waals surface area (Å²) in [6, 6.07) is 4.20. The smallest absolute Gasteiger partial charge is 0.191 e. The van der Waals surface area contributed by atoms with Crippen molar-refractivity contribution >= 4 is 29.9 Å². The highest BCUT2D eigenvalue weighted by molar-refractivity contribution is 14.0. The van der Waals surface area contributed by atoms with Gasteiger partial charge in [-0.1, -0.05) is 0 Å². The third-order valence-corrected chi connectivity index (χ3v) is 4.89. The number of hydrogen-bond acceptors (Lipinski definition) is 5. The molecule has 0 amide bonds. The van der Waals surface area contributed by atoms with Gasteiger partial charge in [-0.2, -0.15) is 0 Å². The molecule has 158 valence electrons. The molecule has 0 radical (unpaired) electrons. The minimum atomic E-state index is 0. The van der Waals surface area contributed by atoms with Gasteiger partial charge in [-0.15, -0.1) is 24.0 Å². The molecule has 0 saturated carbocycles. The highest BCUT2D eigenvalue weighted by Crippen LogP contribution is 2.35. The van der Waals surface area contributed by atoms with Gasteiger partial charge < -0.3 is 29.7 Å². The summed E-state index contributed by atoms with van der Waals surface area (Å²) >= 11 is 0. The average molecular weight is 504 g/mol. The van der Waals surface area contributed by atoms with E-state index in [0.717, 1.165) is 55.7 Å². The third-order valence-electron chi connectivity index (χ3n) is 4.89. The molecule has 0 aromatic heterocycles. The van der Waals surface area contributed by atoms with Gasteiger partial charge in [0.1, 0.15) is 17.6 Å². The van der Waals surface area contributed by atoms with Crippen LogP contribution in [0.3, 0.4) is 0 Å². The first-order valence-electron chi connectivity index (χ1n) is 9.79. The predicted molar refractivity (Wildman–Crippen MR) is 122 cm³/mol. The normalized spacial score (nSPS) is 22.1. The molecule has 2 atom stereocenters. The first-order valence-corrected chi connectivity index (χ1v) is 9.79. The van der Waals surface area contributed by atoms with Crippen LogP contribution in [0.1, 0.15) is 25.0 Å². The summed E-state index contributed by atoms with van der Waals surface area (Å²) in [7, 11) is 3.90. The molecule has 2 aliphatic rings. The van der Waals surface area contributed by atoms with Crippen LogP contribution in [-0.4, -0.2) is 70.0 Å².